The molecule has 0 bridgehead atoms. The van der Waals surface area contributed by atoms with Crippen LogP contribution in [-0.4, -0.2) is 12.2 Å². The van der Waals surface area contributed by atoms with Crippen molar-refractivity contribution in [2.24, 2.45) is 10.9 Å². The van der Waals surface area contributed by atoms with Crippen LogP contribution in [0.15, 0.2) is 29.4 Å². The fourth-order valence-electron chi connectivity index (χ4n) is 1.09. The Morgan fingerprint density at radius 3 is 2.67 bits per heavy atom. The van der Waals surface area contributed by atoms with E-state index in [1.165, 1.54) is 6.21 Å². The first-order valence-corrected chi connectivity index (χ1v) is 4.80. The van der Waals surface area contributed by atoms with Crippen LogP contribution in [0.4, 0.5) is 0 Å². The number of esters is 1. The number of hydrogen-bond donors (Lipinski definition) is 1. The summed E-state index contributed by atoms with van der Waals surface area (Å²) < 4.78 is 5.07. The van der Waals surface area contributed by atoms with Crippen LogP contribution in [0.25, 0.3) is 0 Å². The average molecular weight is 206 g/mol. The quantitative estimate of drug-likeness (QED) is 0.268. The Kier molecular flexibility index (Phi) is 4.34. The average Bonchev–Trinajstić information content (AvgIpc) is 2.22. The fourth-order valence-corrected chi connectivity index (χ4v) is 1.09. The third-order valence-electron chi connectivity index (χ3n) is 1.79. The zero-order chi connectivity index (χ0) is 11.1. The fraction of sp³-hybridized carbons (Fsp3) is 0.273. The maximum atomic E-state index is 11.2. The molecule has 0 spiro atoms. The summed E-state index contributed by atoms with van der Waals surface area (Å²) in [5, 5.41) is 3.39. The van der Waals surface area contributed by atoms with Crippen molar-refractivity contribution in [2.45, 2.75) is 19.8 Å². The second-order valence-corrected chi connectivity index (χ2v) is 3.07. The molecule has 15 heavy (non-hydrogen) atoms. The van der Waals surface area contributed by atoms with Gasteiger partial charge in [0.2, 0.25) is 0 Å². The van der Waals surface area contributed by atoms with Gasteiger partial charge in [0, 0.05) is 6.42 Å². The van der Waals surface area contributed by atoms with E-state index in [1.54, 1.807) is 24.3 Å². The lowest BCUT2D eigenvalue weighted by atomic mass is 10.2. The Hall–Kier alpha value is -1.84. The molecule has 0 atom stereocenters. The van der Waals surface area contributed by atoms with Crippen molar-refractivity contribution in [3.05, 3.63) is 29.8 Å². The second-order valence-electron chi connectivity index (χ2n) is 3.07. The van der Waals surface area contributed by atoms with Gasteiger partial charge in [-0.1, -0.05) is 6.92 Å². The van der Waals surface area contributed by atoms with Gasteiger partial charge in [-0.3, -0.25) is 4.79 Å². The summed E-state index contributed by atoms with van der Waals surface area (Å²) in [6, 6.07) is 6.99. The molecule has 1 rings (SSSR count). The molecule has 80 valence electrons. The molecule has 0 radical (unpaired) electrons. The summed E-state index contributed by atoms with van der Waals surface area (Å²) in [7, 11) is 0. The first-order valence-electron chi connectivity index (χ1n) is 4.80. The predicted molar refractivity (Wildman–Crippen MR) is 58.8 cm³/mol. The number of rotatable bonds is 4. The van der Waals surface area contributed by atoms with Gasteiger partial charge in [-0.05, 0) is 36.2 Å². The Bertz CT molecular complexity index is 344. The highest BCUT2D eigenvalue weighted by Gasteiger charge is 2.02. The van der Waals surface area contributed by atoms with Crippen molar-refractivity contribution in [3.8, 4) is 5.75 Å². The Morgan fingerprint density at radius 2 is 2.13 bits per heavy atom. The zero-order valence-corrected chi connectivity index (χ0v) is 8.64. The lowest BCUT2D eigenvalue weighted by molar-refractivity contribution is -0.134. The highest BCUT2D eigenvalue weighted by Crippen LogP contribution is 2.12. The molecule has 0 aliphatic rings. The highest BCUT2D eigenvalue weighted by molar-refractivity contribution is 5.79. The van der Waals surface area contributed by atoms with E-state index in [0.717, 1.165) is 12.0 Å². The molecule has 1 aromatic carbocycles. The molecular weight excluding hydrogens is 192 g/mol. The number of carbonyl (C=O) groups is 1. The van der Waals surface area contributed by atoms with Gasteiger partial charge < -0.3 is 10.6 Å². The molecule has 4 nitrogen and oxygen atoms in total. The summed E-state index contributed by atoms with van der Waals surface area (Å²) in [4.78, 5) is 11.2. The minimum absolute atomic E-state index is 0.210. The van der Waals surface area contributed by atoms with E-state index in [-0.39, 0.29) is 5.97 Å². The SMILES string of the molecule is CCCC(=O)Oc1ccc(C=NN)cc1. The minimum atomic E-state index is -0.210. The van der Waals surface area contributed by atoms with Gasteiger partial charge >= 0.3 is 5.97 Å². The van der Waals surface area contributed by atoms with Crippen molar-refractivity contribution in [1.82, 2.24) is 0 Å². The normalized spacial score (nSPS) is 10.5. The van der Waals surface area contributed by atoms with Crippen molar-refractivity contribution in [3.63, 3.8) is 0 Å². The van der Waals surface area contributed by atoms with Crippen LogP contribution in [0.5, 0.6) is 5.75 Å². The van der Waals surface area contributed by atoms with Crippen LogP contribution >= 0.6 is 0 Å². The van der Waals surface area contributed by atoms with E-state index in [0.29, 0.717) is 12.2 Å². The smallest absolute Gasteiger partial charge is 0.311 e. The summed E-state index contributed by atoms with van der Waals surface area (Å²) in [6.45, 7) is 1.93. The van der Waals surface area contributed by atoms with Crippen LogP contribution in [0, 0.1) is 0 Å². The van der Waals surface area contributed by atoms with Gasteiger partial charge in [0.05, 0.1) is 6.21 Å². The van der Waals surface area contributed by atoms with E-state index in [4.69, 9.17) is 10.6 Å². The predicted octanol–water partition coefficient (Wildman–Crippen LogP) is 1.68. The molecule has 0 saturated heterocycles. The zero-order valence-electron chi connectivity index (χ0n) is 8.64. The Balaban J connectivity index is 2.60. The molecule has 0 aliphatic heterocycles. The van der Waals surface area contributed by atoms with Gasteiger partial charge in [-0.2, -0.15) is 5.10 Å². The van der Waals surface area contributed by atoms with E-state index in [9.17, 15) is 4.79 Å². The van der Waals surface area contributed by atoms with Crippen LogP contribution in [0.2, 0.25) is 0 Å². The largest absolute Gasteiger partial charge is 0.427 e. The van der Waals surface area contributed by atoms with Crippen LogP contribution in [-0.2, 0) is 4.79 Å². The molecule has 0 unspecified atom stereocenters. The number of nitrogens with two attached hydrogens (primary N) is 1. The number of carbonyl (C=O) groups excluding carboxylic acids is 1. The van der Waals surface area contributed by atoms with E-state index < -0.39 is 0 Å². The van der Waals surface area contributed by atoms with Gasteiger partial charge in [0.25, 0.3) is 0 Å². The molecular formula is C11H14N2O2. The van der Waals surface area contributed by atoms with Gasteiger partial charge in [-0.25, -0.2) is 0 Å². The summed E-state index contributed by atoms with van der Waals surface area (Å²) in [6.07, 6.45) is 2.75. The number of nitrogens with zero attached hydrogens (tertiary/aromatic N) is 1. The number of hydrogen-bond acceptors (Lipinski definition) is 4. The van der Waals surface area contributed by atoms with E-state index >= 15 is 0 Å². The van der Waals surface area contributed by atoms with Crippen LogP contribution in [0.1, 0.15) is 25.3 Å². The highest BCUT2D eigenvalue weighted by atomic mass is 16.5. The van der Waals surface area contributed by atoms with Crippen molar-refractivity contribution in [1.29, 1.82) is 0 Å². The molecule has 4 heteroatoms. The molecule has 0 aromatic heterocycles. The monoisotopic (exact) mass is 206 g/mol. The number of hydrazone groups is 1. The van der Waals surface area contributed by atoms with Crippen molar-refractivity contribution < 1.29 is 9.53 Å². The van der Waals surface area contributed by atoms with Gasteiger partial charge in [-0.15, -0.1) is 0 Å². The number of benzene rings is 1. The summed E-state index contributed by atoms with van der Waals surface area (Å²) >= 11 is 0. The lowest BCUT2D eigenvalue weighted by Gasteiger charge is -2.02. The third-order valence-corrected chi connectivity index (χ3v) is 1.79. The van der Waals surface area contributed by atoms with E-state index in [2.05, 4.69) is 5.10 Å². The van der Waals surface area contributed by atoms with Crippen molar-refractivity contribution in [2.75, 3.05) is 0 Å². The summed E-state index contributed by atoms with van der Waals surface area (Å²) in [5.74, 6) is 5.34. The molecule has 0 aliphatic carbocycles. The Labute approximate surface area is 88.7 Å². The molecule has 1 aromatic rings. The molecule has 0 fully saturated rings. The third kappa shape index (κ3) is 3.81. The lowest BCUT2D eigenvalue weighted by Crippen LogP contribution is -2.06. The standard InChI is InChI=1S/C11H14N2O2/c1-2-3-11(14)15-10-6-4-9(5-7-10)8-13-12/h4-8H,2-3,12H2,1H3. The van der Waals surface area contributed by atoms with Gasteiger partial charge in [0.1, 0.15) is 5.75 Å². The second kappa shape index (κ2) is 5.80. The van der Waals surface area contributed by atoms with Crippen LogP contribution < -0.4 is 10.6 Å². The molecule has 0 saturated carbocycles. The van der Waals surface area contributed by atoms with Crippen molar-refractivity contribution >= 4 is 12.2 Å². The first-order chi connectivity index (χ1) is 7.26. The first kappa shape index (κ1) is 11.2. The molecule has 0 amide bonds. The summed E-state index contributed by atoms with van der Waals surface area (Å²) in [5.41, 5.74) is 0.868. The number of ether oxygens (including phenoxy) is 1. The molecule has 2 N–H and O–H groups in total. The van der Waals surface area contributed by atoms with Crippen LogP contribution in [0.3, 0.4) is 0 Å². The maximum absolute atomic E-state index is 11.2. The topological polar surface area (TPSA) is 64.7 Å². The molecule has 0 heterocycles. The van der Waals surface area contributed by atoms with E-state index in [1.807, 2.05) is 6.92 Å². The Morgan fingerprint density at radius 1 is 1.47 bits per heavy atom. The minimum Gasteiger partial charge on any atom is -0.427 e. The maximum Gasteiger partial charge on any atom is 0.311 e. The van der Waals surface area contributed by atoms with Gasteiger partial charge in [0.15, 0.2) is 0 Å².